The minimum Gasteiger partial charge on any atom is -0.373 e. The molecule has 3 rings (SSSR count). The van der Waals surface area contributed by atoms with Gasteiger partial charge in [-0.05, 0) is 30.5 Å². The summed E-state index contributed by atoms with van der Waals surface area (Å²) in [6, 6.07) is 3.71. The molecule has 2 aliphatic rings. The van der Waals surface area contributed by atoms with E-state index < -0.39 is 0 Å². The summed E-state index contributed by atoms with van der Waals surface area (Å²) in [4.78, 5) is 30.0. The minimum atomic E-state index is -0.0573. The van der Waals surface area contributed by atoms with Crippen LogP contribution in [0.2, 0.25) is 0 Å². The lowest BCUT2D eigenvalue weighted by Gasteiger charge is -2.16. The number of nitrogens with one attached hydrogen (secondary N) is 1. The van der Waals surface area contributed by atoms with E-state index in [0.717, 1.165) is 30.6 Å². The lowest BCUT2D eigenvalue weighted by atomic mass is 10.00. The number of carbonyl (C=O) groups excluding carboxylic acids is 2. The van der Waals surface area contributed by atoms with Gasteiger partial charge in [0.2, 0.25) is 11.8 Å². The maximum atomic E-state index is 12.2. The average Bonchev–Trinajstić information content (AvgIpc) is 2.99. The highest BCUT2D eigenvalue weighted by atomic mass is 16.2. The molecule has 1 saturated carbocycles. The van der Waals surface area contributed by atoms with E-state index in [1.54, 1.807) is 13.2 Å². The van der Waals surface area contributed by atoms with Crippen LogP contribution in [0.15, 0.2) is 18.3 Å². The van der Waals surface area contributed by atoms with Crippen LogP contribution in [-0.4, -0.2) is 28.7 Å². The maximum Gasteiger partial charge on any atom is 0.233 e. The van der Waals surface area contributed by atoms with Crippen molar-refractivity contribution in [1.29, 1.82) is 0 Å². The Morgan fingerprint density at radius 3 is 2.63 bits per heavy atom. The van der Waals surface area contributed by atoms with E-state index in [4.69, 9.17) is 0 Å². The van der Waals surface area contributed by atoms with Crippen molar-refractivity contribution in [2.24, 2.45) is 11.8 Å². The standard InChI is InChI=1S/C14H17N3O2/c1-15-12-7-9(5-6-16-12)8-17-13(18)10-3-2-4-11(10)14(17)19/h5-7,10-11H,2-4,8H2,1H3,(H,15,16). The van der Waals surface area contributed by atoms with Crippen molar-refractivity contribution in [2.75, 3.05) is 12.4 Å². The van der Waals surface area contributed by atoms with E-state index in [1.165, 1.54) is 4.90 Å². The van der Waals surface area contributed by atoms with Crippen LogP contribution in [0.1, 0.15) is 24.8 Å². The zero-order valence-corrected chi connectivity index (χ0v) is 10.9. The summed E-state index contributed by atoms with van der Waals surface area (Å²) in [7, 11) is 1.79. The number of rotatable bonds is 3. The predicted octanol–water partition coefficient (Wildman–Crippen LogP) is 1.41. The topological polar surface area (TPSA) is 62.3 Å². The summed E-state index contributed by atoms with van der Waals surface area (Å²) < 4.78 is 0. The van der Waals surface area contributed by atoms with Crippen LogP contribution in [0.3, 0.4) is 0 Å². The summed E-state index contributed by atoms with van der Waals surface area (Å²) in [6.45, 7) is 0.363. The van der Waals surface area contributed by atoms with Crippen LogP contribution in [0, 0.1) is 11.8 Å². The number of amides is 2. The van der Waals surface area contributed by atoms with Crippen molar-refractivity contribution >= 4 is 17.6 Å². The third kappa shape index (κ3) is 1.99. The van der Waals surface area contributed by atoms with E-state index in [2.05, 4.69) is 10.3 Å². The first-order chi connectivity index (χ1) is 9.20. The van der Waals surface area contributed by atoms with Crippen molar-refractivity contribution in [3.8, 4) is 0 Å². The van der Waals surface area contributed by atoms with Crippen LogP contribution >= 0.6 is 0 Å². The van der Waals surface area contributed by atoms with Crippen molar-refractivity contribution in [2.45, 2.75) is 25.8 Å². The molecule has 100 valence electrons. The van der Waals surface area contributed by atoms with E-state index >= 15 is 0 Å². The predicted molar refractivity (Wildman–Crippen MR) is 70.2 cm³/mol. The fraction of sp³-hybridized carbons (Fsp3) is 0.500. The Hall–Kier alpha value is -1.91. The minimum absolute atomic E-state index is 0.00956. The van der Waals surface area contributed by atoms with E-state index in [-0.39, 0.29) is 23.7 Å². The summed E-state index contributed by atoms with van der Waals surface area (Å²) in [5.41, 5.74) is 0.932. The van der Waals surface area contributed by atoms with Crippen molar-refractivity contribution in [1.82, 2.24) is 9.88 Å². The van der Waals surface area contributed by atoms with Crippen LogP contribution in [-0.2, 0) is 16.1 Å². The third-order valence-electron chi connectivity index (χ3n) is 4.10. The SMILES string of the molecule is CNc1cc(CN2C(=O)C3CCCC3C2=O)ccn1. The van der Waals surface area contributed by atoms with Gasteiger partial charge < -0.3 is 5.32 Å². The van der Waals surface area contributed by atoms with E-state index in [9.17, 15) is 9.59 Å². The molecule has 0 aromatic carbocycles. The van der Waals surface area contributed by atoms with Crippen LogP contribution in [0.25, 0.3) is 0 Å². The van der Waals surface area contributed by atoms with Gasteiger partial charge in [0.15, 0.2) is 0 Å². The average molecular weight is 259 g/mol. The Kier molecular flexibility index (Phi) is 2.97. The molecule has 0 bridgehead atoms. The van der Waals surface area contributed by atoms with Gasteiger partial charge in [-0.25, -0.2) is 4.98 Å². The number of fused-ring (bicyclic) bond motifs is 1. The Balaban J connectivity index is 1.79. The van der Waals surface area contributed by atoms with Gasteiger partial charge in [-0.15, -0.1) is 0 Å². The molecule has 2 unspecified atom stereocenters. The highest BCUT2D eigenvalue weighted by Gasteiger charge is 2.49. The number of carbonyl (C=O) groups is 2. The Labute approximate surface area is 112 Å². The van der Waals surface area contributed by atoms with Gasteiger partial charge in [0.1, 0.15) is 5.82 Å². The monoisotopic (exact) mass is 259 g/mol. The first kappa shape index (κ1) is 12.1. The Bertz CT molecular complexity index is 507. The van der Waals surface area contributed by atoms with Crippen molar-refractivity contribution in [3.63, 3.8) is 0 Å². The molecule has 5 nitrogen and oxygen atoms in total. The second-order valence-electron chi connectivity index (χ2n) is 5.21. The molecule has 2 atom stereocenters. The molecule has 1 N–H and O–H groups in total. The molecule has 19 heavy (non-hydrogen) atoms. The van der Waals surface area contributed by atoms with Gasteiger partial charge in [0.25, 0.3) is 0 Å². The van der Waals surface area contributed by atoms with Gasteiger partial charge in [0, 0.05) is 13.2 Å². The first-order valence-corrected chi connectivity index (χ1v) is 6.68. The zero-order chi connectivity index (χ0) is 13.4. The smallest absolute Gasteiger partial charge is 0.233 e. The lowest BCUT2D eigenvalue weighted by molar-refractivity contribution is -0.141. The van der Waals surface area contributed by atoms with Gasteiger partial charge in [-0.1, -0.05) is 6.42 Å². The summed E-state index contributed by atoms with van der Waals surface area (Å²) in [5.74, 6) is 0.652. The molecule has 2 fully saturated rings. The maximum absolute atomic E-state index is 12.2. The number of imide groups is 1. The molecule has 1 aromatic rings. The fourth-order valence-corrected chi connectivity index (χ4v) is 3.11. The number of likely N-dealkylation sites (tertiary alicyclic amines) is 1. The lowest BCUT2D eigenvalue weighted by Crippen LogP contribution is -2.31. The first-order valence-electron chi connectivity index (χ1n) is 6.68. The van der Waals surface area contributed by atoms with Gasteiger partial charge in [0.05, 0.1) is 18.4 Å². The number of anilines is 1. The molecule has 1 aliphatic heterocycles. The number of pyridine rings is 1. The molecule has 5 heteroatoms. The van der Waals surface area contributed by atoms with Crippen LogP contribution < -0.4 is 5.32 Å². The molecular weight excluding hydrogens is 242 g/mol. The molecular formula is C14H17N3O2. The zero-order valence-electron chi connectivity index (χ0n) is 10.9. The number of nitrogens with zero attached hydrogens (tertiary/aromatic N) is 2. The normalized spacial score (nSPS) is 25.8. The molecule has 0 spiro atoms. The van der Waals surface area contributed by atoms with Gasteiger partial charge in [-0.3, -0.25) is 14.5 Å². The number of hydrogen-bond donors (Lipinski definition) is 1. The molecule has 2 heterocycles. The second-order valence-corrected chi connectivity index (χ2v) is 5.21. The van der Waals surface area contributed by atoms with E-state index in [0.29, 0.717) is 6.54 Å². The van der Waals surface area contributed by atoms with Crippen molar-refractivity contribution < 1.29 is 9.59 Å². The Morgan fingerprint density at radius 1 is 1.32 bits per heavy atom. The summed E-state index contributed by atoms with van der Waals surface area (Å²) in [5, 5.41) is 2.96. The summed E-state index contributed by atoms with van der Waals surface area (Å²) >= 11 is 0. The molecule has 1 saturated heterocycles. The highest BCUT2D eigenvalue weighted by Crippen LogP contribution is 2.40. The molecule has 1 aliphatic carbocycles. The Morgan fingerprint density at radius 2 is 2.00 bits per heavy atom. The number of aromatic nitrogens is 1. The fourth-order valence-electron chi connectivity index (χ4n) is 3.11. The van der Waals surface area contributed by atoms with E-state index in [1.807, 2.05) is 12.1 Å². The van der Waals surface area contributed by atoms with Gasteiger partial charge >= 0.3 is 0 Å². The largest absolute Gasteiger partial charge is 0.373 e. The number of hydrogen-bond acceptors (Lipinski definition) is 4. The second kappa shape index (κ2) is 4.64. The molecule has 0 radical (unpaired) electrons. The third-order valence-corrected chi connectivity index (χ3v) is 4.10. The summed E-state index contributed by atoms with van der Waals surface area (Å²) in [6.07, 6.45) is 4.42. The molecule has 2 amide bonds. The van der Waals surface area contributed by atoms with Gasteiger partial charge in [-0.2, -0.15) is 0 Å². The van der Waals surface area contributed by atoms with Crippen molar-refractivity contribution in [3.05, 3.63) is 23.9 Å². The van der Waals surface area contributed by atoms with Crippen LogP contribution in [0.4, 0.5) is 5.82 Å². The quantitative estimate of drug-likeness (QED) is 0.834. The van der Waals surface area contributed by atoms with Crippen LogP contribution in [0.5, 0.6) is 0 Å². The highest BCUT2D eigenvalue weighted by molar-refractivity contribution is 6.05. The molecule has 1 aromatic heterocycles.